The molecular weight excluding hydrogens is 265 g/mol. The monoisotopic (exact) mass is 270 g/mol. The Kier molecular flexibility index (Phi) is 2.64. The van der Waals surface area contributed by atoms with Crippen LogP contribution in [0, 0.1) is 22.1 Å². The van der Waals surface area contributed by atoms with Crippen molar-refractivity contribution in [3.8, 4) is 0 Å². The molecule has 0 heterocycles. The number of halogens is 3. The molecule has 0 saturated carbocycles. The molecule has 0 aromatic heterocycles. The molecule has 0 aliphatic heterocycles. The highest BCUT2D eigenvalue weighted by atomic mass is 127. The van der Waals surface area contributed by atoms with Gasteiger partial charge in [0.25, 0.3) is 0 Å². The Morgan fingerprint density at radius 3 is 2.09 bits per heavy atom. The highest BCUT2D eigenvalue weighted by molar-refractivity contribution is 14.1. The first-order valence-electron chi connectivity index (χ1n) is 2.88. The second-order valence-corrected chi connectivity index (χ2v) is 3.76. The van der Waals surface area contributed by atoms with Gasteiger partial charge in [0.15, 0.2) is 21.2 Å². The summed E-state index contributed by atoms with van der Waals surface area (Å²) in [6.07, 6.45) is 0. The van der Waals surface area contributed by atoms with E-state index in [2.05, 4.69) is 0 Å². The maximum atomic E-state index is 12.7. The van der Waals surface area contributed by atoms with Crippen molar-refractivity contribution in [2.45, 2.75) is 6.92 Å². The van der Waals surface area contributed by atoms with Gasteiger partial charge >= 0.3 is 0 Å². The normalized spacial score (nSPS) is 10.1. The van der Waals surface area contributed by atoms with E-state index in [1.54, 1.807) is 0 Å². The summed E-state index contributed by atoms with van der Waals surface area (Å²) in [6, 6.07) is 2.22. The lowest BCUT2D eigenvalue weighted by atomic mass is 10.2. The predicted octanol–water partition coefficient (Wildman–Crippen LogP) is 2.76. The van der Waals surface area contributed by atoms with Crippen LogP contribution in [0.4, 0.5) is 8.78 Å². The molecule has 0 amide bonds. The molecular formula is C7H5F2IO. The topological polar surface area (TPSA) is 17.1 Å². The van der Waals surface area contributed by atoms with E-state index in [1.165, 1.54) is 6.92 Å². The maximum absolute atomic E-state index is 12.7. The molecule has 0 radical (unpaired) electrons. The second-order valence-electron chi connectivity index (χ2n) is 2.07. The molecule has 0 aliphatic carbocycles. The molecule has 11 heavy (non-hydrogen) atoms. The molecule has 0 fully saturated rings. The molecule has 0 saturated heterocycles. The van der Waals surface area contributed by atoms with Crippen molar-refractivity contribution in [3.05, 3.63) is 32.9 Å². The van der Waals surface area contributed by atoms with Gasteiger partial charge in [-0.3, -0.25) is 3.07 Å². The quantitative estimate of drug-likeness (QED) is 0.717. The van der Waals surface area contributed by atoms with E-state index in [-0.39, 0.29) is 9.13 Å². The van der Waals surface area contributed by atoms with E-state index in [0.29, 0.717) is 0 Å². The fourth-order valence-electron chi connectivity index (χ4n) is 0.659. The van der Waals surface area contributed by atoms with Crippen molar-refractivity contribution in [1.82, 2.24) is 0 Å². The van der Waals surface area contributed by atoms with Gasteiger partial charge in [-0.05, 0) is 19.1 Å². The van der Waals surface area contributed by atoms with Crippen LogP contribution in [-0.4, -0.2) is 0 Å². The van der Waals surface area contributed by atoms with Crippen LogP contribution in [0.2, 0.25) is 0 Å². The molecule has 0 atom stereocenters. The summed E-state index contributed by atoms with van der Waals surface area (Å²) in [5.41, 5.74) is -0.0220. The minimum absolute atomic E-state index is 0.0220. The molecule has 1 nitrogen and oxygen atoms in total. The van der Waals surface area contributed by atoms with Crippen LogP contribution in [0.3, 0.4) is 0 Å². The molecule has 60 valence electrons. The lowest BCUT2D eigenvalue weighted by molar-refractivity contribution is 0.566. The van der Waals surface area contributed by atoms with E-state index in [4.69, 9.17) is 0 Å². The van der Waals surface area contributed by atoms with E-state index in [0.717, 1.165) is 12.1 Å². The summed E-state index contributed by atoms with van der Waals surface area (Å²) < 4.78 is 35.9. The molecule has 1 aromatic rings. The Balaban J connectivity index is 3.31. The molecule has 0 aliphatic rings. The second kappa shape index (κ2) is 3.34. The van der Waals surface area contributed by atoms with Crippen LogP contribution >= 0.6 is 21.2 Å². The maximum Gasteiger partial charge on any atom is 0.182 e. The van der Waals surface area contributed by atoms with Gasteiger partial charge in [0.1, 0.15) is 11.6 Å². The van der Waals surface area contributed by atoms with Crippen LogP contribution in [0.1, 0.15) is 5.56 Å². The van der Waals surface area contributed by atoms with Crippen LogP contribution < -0.4 is 0 Å². The Morgan fingerprint density at radius 1 is 1.27 bits per heavy atom. The number of benzene rings is 1. The van der Waals surface area contributed by atoms with Crippen molar-refractivity contribution < 1.29 is 11.8 Å². The number of hydrogen-bond donors (Lipinski definition) is 0. The summed E-state index contributed by atoms with van der Waals surface area (Å²) in [5, 5.41) is 0. The van der Waals surface area contributed by atoms with Crippen LogP contribution in [0.15, 0.2) is 12.1 Å². The van der Waals surface area contributed by atoms with E-state index in [1.807, 2.05) is 0 Å². The first-order chi connectivity index (χ1) is 5.15. The van der Waals surface area contributed by atoms with Crippen molar-refractivity contribution in [2.24, 2.45) is 0 Å². The Bertz CT molecular complexity index is 275. The van der Waals surface area contributed by atoms with Crippen molar-refractivity contribution >= 4 is 21.2 Å². The first kappa shape index (κ1) is 8.70. The predicted molar refractivity (Wildman–Crippen MR) is 44.5 cm³/mol. The zero-order valence-corrected chi connectivity index (χ0v) is 7.85. The van der Waals surface area contributed by atoms with Gasteiger partial charge in [0.05, 0.1) is 3.57 Å². The Hall–Kier alpha value is -0.390. The highest BCUT2D eigenvalue weighted by Crippen LogP contribution is 2.17. The van der Waals surface area contributed by atoms with Gasteiger partial charge in [0.2, 0.25) is 0 Å². The smallest absolute Gasteiger partial charge is 0.182 e. The zero-order valence-electron chi connectivity index (χ0n) is 5.70. The van der Waals surface area contributed by atoms with Gasteiger partial charge < -0.3 is 0 Å². The average Bonchev–Trinajstić information content (AvgIpc) is 1.99. The summed E-state index contributed by atoms with van der Waals surface area (Å²) in [4.78, 5) is 0. The third kappa shape index (κ3) is 1.79. The standard InChI is InChI=1S/C7H5F2IO/c1-4-6(8)2-5(10-11)3-7(4)9/h2-3H,1H3. The first-order valence-corrected chi connectivity index (χ1v) is 4.84. The van der Waals surface area contributed by atoms with E-state index in [9.17, 15) is 11.8 Å². The van der Waals surface area contributed by atoms with Crippen LogP contribution in [0.5, 0.6) is 0 Å². The lowest BCUT2D eigenvalue weighted by Crippen LogP contribution is -1.89. The van der Waals surface area contributed by atoms with Crippen molar-refractivity contribution in [3.63, 3.8) is 0 Å². The van der Waals surface area contributed by atoms with Gasteiger partial charge in [-0.2, -0.15) is 0 Å². The SMILES string of the molecule is Cc1c(F)cc(I=O)cc1F. The third-order valence-electron chi connectivity index (χ3n) is 1.33. The summed E-state index contributed by atoms with van der Waals surface area (Å²) in [7, 11) is 0. The Morgan fingerprint density at radius 2 is 1.73 bits per heavy atom. The summed E-state index contributed by atoms with van der Waals surface area (Å²) in [5.74, 6) is -1.26. The molecule has 1 aromatic carbocycles. The van der Waals surface area contributed by atoms with E-state index >= 15 is 0 Å². The highest BCUT2D eigenvalue weighted by Gasteiger charge is 2.05. The molecule has 0 bridgehead atoms. The van der Waals surface area contributed by atoms with Gasteiger partial charge in [-0.1, -0.05) is 0 Å². The third-order valence-corrected chi connectivity index (χ3v) is 2.47. The minimum Gasteiger partial charge on any atom is -0.265 e. The molecule has 1 rings (SSSR count). The van der Waals surface area contributed by atoms with E-state index < -0.39 is 32.8 Å². The molecule has 0 unspecified atom stereocenters. The van der Waals surface area contributed by atoms with Gasteiger partial charge in [-0.15, -0.1) is 0 Å². The zero-order chi connectivity index (χ0) is 8.43. The number of hydrogen-bond acceptors (Lipinski definition) is 1. The van der Waals surface area contributed by atoms with Gasteiger partial charge in [-0.25, -0.2) is 8.78 Å². The average molecular weight is 270 g/mol. The minimum atomic E-state index is -1.47. The fraction of sp³-hybridized carbons (Fsp3) is 0.143. The molecule has 0 N–H and O–H groups in total. The summed E-state index contributed by atoms with van der Waals surface area (Å²) in [6.45, 7) is 1.34. The van der Waals surface area contributed by atoms with Crippen molar-refractivity contribution in [1.29, 1.82) is 0 Å². The van der Waals surface area contributed by atoms with Crippen molar-refractivity contribution in [2.75, 3.05) is 0 Å². The summed E-state index contributed by atoms with van der Waals surface area (Å²) >= 11 is -1.47. The lowest BCUT2D eigenvalue weighted by Gasteiger charge is -1.97. The van der Waals surface area contributed by atoms with Gasteiger partial charge in [0, 0.05) is 5.56 Å². The number of rotatable bonds is 1. The largest absolute Gasteiger partial charge is 0.265 e. The van der Waals surface area contributed by atoms with Crippen LogP contribution in [-0.2, 0) is 3.07 Å². The molecule has 4 heteroatoms. The Labute approximate surface area is 73.1 Å². The molecule has 0 spiro atoms. The fourth-order valence-corrected chi connectivity index (χ4v) is 1.46. The van der Waals surface area contributed by atoms with Crippen LogP contribution in [0.25, 0.3) is 0 Å².